The van der Waals surface area contributed by atoms with E-state index in [-0.39, 0.29) is 24.8 Å². The van der Waals surface area contributed by atoms with Crippen LogP contribution in [0.4, 0.5) is 5.69 Å². The summed E-state index contributed by atoms with van der Waals surface area (Å²) in [7, 11) is 2.14. The molecular formula is C28H26Cl2N2S. The summed E-state index contributed by atoms with van der Waals surface area (Å²) in [5, 5.41) is 2.55. The number of hydrogen-bond acceptors (Lipinski definition) is 3. The minimum absolute atomic E-state index is 0. The van der Waals surface area contributed by atoms with Gasteiger partial charge in [-0.25, -0.2) is 0 Å². The van der Waals surface area contributed by atoms with Crippen LogP contribution in [0.2, 0.25) is 0 Å². The highest BCUT2D eigenvalue weighted by Crippen LogP contribution is 2.33. The first-order valence-corrected chi connectivity index (χ1v) is 11.4. The number of halogens is 2. The monoisotopic (exact) mass is 492 g/mol. The Hall–Kier alpha value is -2.72. The maximum absolute atomic E-state index is 4.86. The van der Waals surface area contributed by atoms with Gasteiger partial charge in [0, 0.05) is 34.6 Å². The van der Waals surface area contributed by atoms with E-state index in [4.69, 9.17) is 4.99 Å². The highest BCUT2D eigenvalue weighted by Gasteiger charge is 2.13. The van der Waals surface area contributed by atoms with Gasteiger partial charge in [-0.1, -0.05) is 84.6 Å². The van der Waals surface area contributed by atoms with Gasteiger partial charge in [0.15, 0.2) is 0 Å². The van der Waals surface area contributed by atoms with Crippen molar-refractivity contribution in [1.29, 1.82) is 0 Å². The van der Waals surface area contributed by atoms with Crippen molar-refractivity contribution in [3.05, 3.63) is 108 Å². The molecule has 0 radical (unpaired) electrons. The summed E-state index contributed by atoms with van der Waals surface area (Å²) < 4.78 is 0. The summed E-state index contributed by atoms with van der Waals surface area (Å²) >= 11 is 1.81. The van der Waals surface area contributed by atoms with Crippen LogP contribution in [-0.2, 0) is 0 Å². The first-order chi connectivity index (χ1) is 15.3. The van der Waals surface area contributed by atoms with Crippen LogP contribution in [0.3, 0.4) is 0 Å². The average Bonchev–Trinajstić information content (AvgIpc) is 2.97. The van der Waals surface area contributed by atoms with Crippen molar-refractivity contribution in [3.63, 3.8) is 0 Å². The highest BCUT2D eigenvalue weighted by atomic mass is 35.5. The number of fused-ring (bicyclic) bond motifs is 2. The predicted molar refractivity (Wildman–Crippen MR) is 149 cm³/mol. The lowest BCUT2D eigenvalue weighted by atomic mass is 10.1. The SMILES string of the molecule is CN1CCN=C(/C=C/c2ccccc2Sc2ccc3ccccc3c2)c2ccccc21.Cl.Cl. The molecule has 0 N–H and O–H groups in total. The third-order valence-corrected chi connectivity index (χ3v) is 6.68. The van der Waals surface area contributed by atoms with Crippen molar-refractivity contribution in [3.8, 4) is 0 Å². The molecule has 0 saturated heterocycles. The fourth-order valence-electron chi connectivity index (χ4n) is 3.93. The van der Waals surface area contributed by atoms with E-state index in [0.717, 1.165) is 18.8 Å². The Labute approximate surface area is 212 Å². The summed E-state index contributed by atoms with van der Waals surface area (Å²) in [6.45, 7) is 1.74. The maximum Gasteiger partial charge on any atom is 0.0668 e. The van der Waals surface area contributed by atoms with Crippen molar-refractivity contribution in [2.45, 2.75) is 9.79 Å². The van der Waals surface area contributed by atoms with E-state index in [2.05, 4.69) is 115 Å². The molecule has 0 bridgehead atoms. The Morgan fingerprint density at radius 2 is 1.52 bits per heavy atom. The fourth-order valence-corrected chi connectivity index (χ4v) is 4.91. The molecule has 0 spiro atoms. The van der Waals surface area contributed by atoms with E-state index in [9.17, 15) is 0 Å². The lowest BCUT2D eigenvalue weighted by molar-refractivity contribution is 0.897. The molecule has 4 aromatic carbocycles. The number of para-hydroxylation sites is 1. The summed E-state index contributed by atoms with van der Waals surface area (Å²) in [6.07, 6.45) is 4.36. The molecule has 0 aliphatic carbocycles. The molecule has 0 atom stereocenters. The van der Waals surface area contributed by atoms with E-state index in [1.54, 1.807) is 11.8 Å². The summed E-state index contributed by atoms with van der Waals surface area (Å²) in [5.74, 6) is 0. The first-order valence-electron chi connectivity index (χ1n) is 10.6. The maximum atomic E-state index is 4.86. The Balaban J connectivity index is 0.00000153. The number of allylic oxidation sites excluding steroid dienone is 1. The number of likely N-dealkylation sites (N-methyl/N-ethyl adjacent to an activating group) is 1. The van der Waals surface area contributed by atoms with Gasteiger partial charge in [-0.2, -0.15) is 0 Å². The van der Waals surface area contributed by atoms with E-state index in [1.807, 2.05) is 0 Å². The van der Waals surface area contributed by atoms with Crippen LogP contribution in [-0.4, -0.2) is 25.8 Å². The van der Waals surface area contributed by atoms with Crippen LogP contribution in [0.15, 0.2) is 112 Å². The molecule has 5 rings (SSSR count). The lowest BCUT2D eigenvalue weighted by Gasteiger charge is -2.18. The molecular weight excluding hydrogens is 467 g/mol. The minimum atomic E-state index is 0. The number of aliphatic imine (C=N–C) groups is 1. The number of hydrogen-bond donors (Lipinski definition) is 0. The average molecular weight is 494 g/mol. The van der Waals surface area contributed by atoms with E-state index < -0.39 is 0 Å². The largest absolute Gasteiger partial charge is 0.372 e. The number of benzene rings is 4. The molecule has 1 aliphatic heterocycles. The summed E-state index contributed by atoms with van der Waals surface area (Å²) in [5.41, 5.74) is 4.68. The number of rotatable bonds is 4. The smallest absolute Gasteiger partial charge is 0.0668 e. The van der Waals surface area contributed by atoms with Gasteiger partial charge in [0.25, 0.3) is 0 Å². The Morgan fingerprint density at radius 3 is 2.39 bits per heavy atom. The van der Waals surface area contributed by atoms with Crippen LogP contribution in [0.1, 0.15) is 11.1 Å². The second kappa shape index (κ2) is 11.4. The van der Waals surface area contributed by atoms with E-state index >= 15 is 0 Å². The zero-order valence-corrected chi connectivity index (χ0v) is 20.8. The summed E-state index contributed by atoms with van der Waals surface area (Å²) in [6, 6.07) is 32.3. The van der Waals surface area contributed by atoms with Crippen LogP contribution < -0.4 is 4.90 Å². The fraction of sp³-hybridized carbons (Fsp3) is 0.107. The second-order valence-corrected chi connectivity index (χ2v) is 8.80. The van der Waals surface area contributed by atoms with Crippen LogP contribution in [0.25, 0.3) is 16.8 Å². The van der Waals surface area contributed by atoms with Gasteiger partial charge >= 0.3 is 0 Å². The standard InChI is InChI=1S/C28H24N2S.2ClH/c1-30-19-18-29-26(25-11-5-6-12-27(25)30)17-15-22-9-4-7-13-28(22)31-24-16-14-21-8-2-3-10-23(21)20-24;;/h2-17,20H,18-19H2,1H3;2*1H/b17-15+;;. The molecule has 4 aromatic rings. The zero-order valence-electron chi connectivity index (χ0n) is 18.3. The molecule has 0 saturated carbocycles. The predicted octanol–water partition coefficient (Wildman–Crippen LogP) is 7.79. The Bertz CT molecular complexity index is 1300. The van der Waals surface area contributed by atoms with Crippen LogP contribution >= 0.6 is 36.6 Å². The Morgan fingerprint density at radius 1 is 0.788 bits per heavy atom. The van der Waals surface area contributed by atoms with E-state index in [0.29, 0.717) is 0 Å². The van der Waals surface area contributed by atoms with Crippen molar-refractivity contribution in [2.24, 2.45) is 4.99 Å². The van der Waals surface area contributed by atoms with Crippen molar-refractivity contribution in [2.75, 3.05) is 25.0 Å². The van der Waals surface area contributed by atoms with Crippen molar-refractivity contribution in [1.82, 2.24) is 0 Å². The lowest BCUT2D eigenvalue weighted by Crippen LogP contribution is -2.20. The first kappa shape index (κ1) is 24.9. The molecule has 1 heterocycles. The molecule has 168 valence electrons. The van der Waals surface area contributed by atoms with Crippen LogP contribution in [0, 0.1) is 0 Å². The van der Waals surface area contributed by atoms with Gasteiger partial charge in [-0.3, -0.25) is 4.99 Å². The molecule has 5 heteroatoms. The van der Waals surface area contributed by atoms with Crippen molar-refractivity contribution < 1.29 is 0 Å². The number of nitrogens with zero attached hydrogens (tertiary/aromatic N) is 2. The van der Waals surface area contributed by atoms with Gasteiger partial charge < -0.3 is 4.90 Å². The molecule has 1 aliphatic rings. The normalized spacial score (nSPS) is 13.0. The van der Waals surface area contributed by atoms with Gasteiger partial charge in [-0.05, 0) is 46.7 Å². The second-order valence-electron chi connectivity index (χ2n) is 7.69. The molecule has 0 fully saturated rings. The Kier molecular flexibility index (Phi) is 8.62. The third-order valence-electron chi connectivity index (χ3n) is 5.60. The topological polar surface area (TPSA) is 15.6 Å². The van der Waals surface area contributed by atoms with Crippen LogP contribution in [0.5, 0.6) is 0 Å². The molecule has 33 heavy (non-hydrogen) atoms. The quantitative estimate of drug-likeness (QED) is 0.288. The highest BCUT2D eigenvalue weighted by molar-refractivity contribution is 7.99. The molecule has 0 unspecified atom stereocenters. The summed E-state index contributed by atoms with van der Waals surface area (Å²) in [4.78, 5) is 9.63. The van der Waals surface area contributed by atoms with Gasteiger partial charge in [0.05, 0.1) is 12.3 Å². The van der Waals surface area contributed by atoms with E-state index in [1.165, 1.54) is 37.4 Å². The van der Waals surface area contributed by atoms with Gasteiger partial charge in [0.2, 0.25) is 0 Å². The third kappa shape index (κ3) is 5.62. The van der Waals surface area contributed by atoms with Crippen molar-refractivity contribution >= 4 is 64.8 Å². The van der Waals surface area contributed by atoms with Gasteiger partial charge in [-0.15, -0.1) is 24.8 Å². The molecule has 2 nitrogen and oxygen atoms in total. The molecule has 0 aromatic heterocycles. The number of benzodiazepines with no additional fused rings is 1. The number of anilines is 1. The van der Waals surface area contributed by atoms with Gasteiger partial charge in [0.1, 0.15) is 0 Å². The molecule has 0 amide bonds. The zero-order chi connectivity index (χ0) is 21.0. The minimum Gasteiger partial charge on any atom is -0.372 e.